The highest BCUT2D eigenvalue weighted by Gasteiger charge is 2.34. The zero-order valence-corrected chi connectivity index (χ0v) is 18.4. The van der Waals surface area contributed by atoms with Crippen molar-refractivity contribution in [2.45, 2.75) is 26.2 Å². The van der Waals surface area contributed by atoms with E-state index >= 15 is 0 Å². The summed E-state index contributed by atoms with van der Waals surface area (Å²) in [7, 11) is 3.66. The van der Waals surface area contributed by atoms with Crippen LogP contribution in [0.15, 0.2) is 54.6 Å². The van der Waals surface area contributed by atoms with E-state index in [0.29, 0.717) is 30.0 Å². The van der Waals surface area contributed by atoms with Crippen molar-refractivity contribution in [3.63, 3.8) is 0 Å². The second kappa shape index (κ2) is 8.90. The summed E-state index contributed by atoms with van der Waals surface area (Å²) in [5.74, 6) is -0.554. The number of hydrogen-bond acceptors (Lipinski definition) is 4. The SMILES string of the molecule is CCCCc1ccc(N2C(=O)c3cccc4c(N(C)CCOC)ccc(c34)C2=O)cc1. The summed E-state index contributed by atoms with van der Waals surface area (Å²) < 4.78 is 5.20. The molecule has 0 saturated carbocycles. The van der Waals surface area contributed by atoms with Gasteiger partial charge in [-0.3, -0.25) is 9.59 Å². The molecule has 31 heavy (non-hydrogen) atoms. The number of amides is 2. The molecule has 0 unspecified atom stereocenters. The third-order valence-electron chi connectivity index (χ3n) is 5.94. The van der Waals surface area contributed by atoms with Gasteiger partial charge in [0, 0.05) is 48.3 Å². The summed E-state index contributed by atoms with van der Waals surface area (Å²) in [6, 6.07) is 17.2. The molecular weight excluding hydrogens is 388 g/mol. The molecule has 5 heteroatoms. The number of benzene rings is 3. The van der Waals surface area contributed by atoms with Gasteiger partial charge in [-0.15, -0.1) is 0 Å². The van der Waals surface area contributed by atoms with Crippen LogP contribution in [0, 0.1) is 0 Å². The Balaban J connectivity index is 1.74. The number of unbranched alkanes of at least 4 members (excludes halogenated alkanes) is 1. The average Bonchev–Trinajstić information content (AvgIpc) is 2.80. The van der Waals surface area contributed by atoms with Crippen molar-refractivity contribution in [1.29, 1.82) is 0 Å². The lowest BCUT2D eigenvalue weighted by Gasteiger charge is -2.29. The van der Waals surface area contributed by atoms with Crippen LogP contribution in [0.5, 0.6) is 0 Å². The van der Waals surface area contributed by atoms with Crippen molar-refractivity contribution in [2.24, 2.45) is 0 Å². The van der Waals surface area contributed by atoms with Crippen molar-refractivity contribution in [1.82, 2.24) is 0 Å². The molecule has 0 N–H and O–H groups in total. The molecule has 4 rings (SSSR count). The van der Waals surface area contributed by atoms with Crippen LogP contribution in [-0.2, 0) is 11.2 Å². The summed E-state index contributed by atoms with van der Waals surface area (Å²) in [4.78, 5) is 30.2. The first kappa shape index (κ1) is 21.1. The van der Waals surface area contributed by atoms with Crippen molar-refractivity contribution < 1.29 is 14.3 Å². The number of nitrogens with zero attached hydrogens (tertiary/aromatic N) is 2. The number of rotatable bonds is 8. The molecule has 2 amide bonds. The van der Waals surface area contributed by atoms with E-state index in [1.165, 1.54) is 10.5 Å². The quantitative estimate of drug-likeness (QED) is 0.481. The summed E-state index contributed by atoms with van der Waals surface area (Å²) in [5.41, 5.74) is 3.92. The largest absolute Gasteiger partial charge is 0.383 e. The Hall–Kier alpha value is -3.18. The molecule has 0 aromatic heterocycles. The predicted molar refractivity (Wildman–Crippen MR) is 125 cm³/mol. The smallest absolute Gasteiger partial charge is 0.265 e. The lowest BCUT2D eigenvalue weighted by atomic mass is 9.92. The molecular formula is C26H28N2O3. The molecule has 5 nitrogen and oxygen atoms in total. The van der Waals surface area contributed by atoms with Gasteiger partial charge in [0.1, 0.15) is 0 Å². The van der Waals surface area contributed by atoms with Crippen molar-refractivity contribution >= 4 is 34.0 Å². The summed E-state index contributed by atoms with van der Waals surface area (Å²) in [6.07, 6.45) is 3.26. The maximum absolute atomic E-state index is 13.4. The zero-order valence-electron chi connectivity index (χ0n) is 18.4. The van der Waals surface area contributed by atoms with Crippen LogP contribution in [0.4, 0.5) is 11.4 Å². The summed E-state index contributed by atoms with van der Waals surface area (Å²) in [5, 5.41) is 1.64. The molecule has 0 radical (unpaired) electrons. The topological polar surface area (TPSA) is 49.9 Å². The van der Waals surface area contributed by atoms with E-state index in [1.54, 1.807) is 7.11 Å². The molecule has 0 bridgehead atoms. The van der Waals surface area contributed by atoms with E-state index in [1.807, 2.05) is 61.6 Å². The Morgan fingerprint density at radius 2 is 1.65 bits per heavy atom. The van der Waals surface area contributed by atoms with Gasteiger partial charge in [0.25, 0.3) is 11.8 Å². The maximum Gasteiger partial charge on any atom is 0.265 e. The first-order valence-corrected chi connectivity index (χ1v) is 10.8. The molecule has 3 aromatic carbocycles. The molecule has 1 heterocycles. The van der Waals surface area contributed by atoms with E-state index in [-0.39, 0.29) is 11.8 Å². The molecule has 0 saturated heterocycles. The Labute approximate surface area is 183 Å². The molecule has 1 aliphatic rings. The minimum atomic E-state index is -0.277. The van der Waals surface area contributed by atoms with E-state index in [9.17, 15) is 9.59 Å². The second-order valence-corrected chi connectivity index (χ2v) is 7.99. The third kappa shape index (κ3) is 3.81. The fraction of sp³-hybridized carbons (Fsp3) is 0.308. The normalized spacial score (nSPS) is 13.2. The fourth-order valence-corrected chi connectivity index (χ4v) is 4.19. The van der Waals surface area contributed by atoms with Gasteiger partial charge < -0.3 is 9.64 Å². The molecule has 3 aromatic rings. The number of aryl methyl sites for hydroxylation is 1. The zero-order chi connectivity index (χ0) is 22.0. The molecule has 0 aliphatic carbocycles. The lowest BCUT2D eigenvalue weighted by Crippen LogP contribution is -2.40. The van der Waals surface area contributed by atoms with Crippen molar-refractivity contribution in [2.75, 3.05) is 37.1 Å². The van der Waals surface area contributed by atoms with Crippen LogP contribution < -0.4 is 9.80 Å². The third-order valence-corrected chi connectivity index (χ3v) is 5.94. The van der Waals surface area contributed by atoms with Crippen LogP contribution in [0.2, 0.25) is 0 Å². The van der Waals surface area contributed by atoms with E-state index in [4.69, 9.17) is 4.74 Å². The Bertz CT molecular complexity index is 1100. The first-order chi connectivity index (χ1) is 15.1. The Kier molecular flexibility index (Phi) is 6.05. The molecule has 0 spiro atoms. The van der Waals surface area contributed by atoms with E-state index in [2.05, 4.69) is 11.8 Å². The Morgan fingerprint density at radius 1 is 0.935 bits per heavy atom. The second-order valence-electron chi connectivity index (χ2n) is 7.99. The number of anilines is 2. The molecule has 1 aliphatic heterocycles. The highest BCUT2D eigenvalue weighted by Crippen LogP contribution is 2.37. The number of imide groups is 1. The van der Waals surface area contributed by atoms with Gasteiger partial charge in [0.05, 0.1) is 12.3 Å². The highest BCUT2D eigenvalue weighted by molar-refractivity contribution is 6.36. The predicted octanol–water partition coefficient (Wildman–Crippen LogP) is 5.07. The van der Waals surface area contributed by atoms with Gasteiger partial charge in [-0.05, 0) is 48.7 Å². The van der Waals surface area contributed by atoms with Crippen LogP contribution >= 0.6 is 0 Å². The van der Waals surface area contributed by atoms with Crippen LogP contribution in [0.3, 0.4) is 0 Å². The Morgan fingerprint density at radius 3 is 2.32 bits per heavy atom. The van der Waals surface area contributed by atoms with Crippen LogP contribution in [0.25, 0.3) is 10.8 Å². The van der Waals surface area contributed by atoms with E-state index < -0.39 is 0 Å². The fourth-order valence-electron chi connectivity index (χ4n) is 4.19. The van der Waals surface area contributed by atoms with Crippen molar-refractivity contribution in [3.05, 3.63) is 71.3 Å². The number of likely N-dealkylation sites (N-methyl/N-ethyl adjacent to an activating group) is 1. The van der Waals surface area contributed by atoms with Gasteiger partial charge in [-0.1, -0.05) is 37.6 Å². The van der Waals surface area contributed by atoms with Gasteiger partial charge in [-0.25, -0.2) is 4.90 Å². The van der Waals surface area contributed by atoms with Gasteiger partial charge >= 0.3 is 0 Å². The summed E-state index contributed by atoms with van der Waals surface area (Å²) in [6.45, 7) is 3.48. The molecule has 0 fully saturated rings. The number of carbonyl (C=O) groups is 2. The lowest BCUT2D eigenvalue weighted by molar-refractivity contribution is 0.0893. The van der Waals surface area contributed by atoms with Crippen LogP contribution in [0.1, 0.15) is 46.0 Å². The number of hydrogen-bond donors (Lipinski definition) is 0. The van der Waals surface area contributed by atoms with Crippen molar-refractivity contribution in [3.8, 4) is 0 Å². The highest BCUT2D eigenvalue weighted by atomic mass is 16.5. The van der Waals surface area contributed by atoms with Gasteiger partial charge in [0.15, 0.2) is 0 Å². The monoisotopic (exact) mass is 416 g/mol. The molecule has 160 valence electrons. The summed E-state index contributed by atoms with van der Waals surface area (Å²) >= 11 is 0. The number of methoxy groups -OCH3 is 1. The van der Waals surface area contributed by atoms with Gasteiger partial charge in [-0.2, -0.15) is 0 Å². The maximum atomic E-state index is 13.4. The number of ether oxygens (including phenoxy) is 1. The first-order valence-electron chi connectivity index (χ1n) is 10.8. The standard InChI is InChI=1S/C26H28N2O3/c1-4-5-7-18-10-12-19(13-11-18)28-25(29)21-9-6-8-20-23(27(2)16-17-31-3)15-14-22(24(20)21)26(28)30/h6,8-15H,4-5,7,16-17H2,1-3H3. The minimum absolute atomic E-state index is 0.277. The minimum Gasteiger partial charge on any atom is -0.383 e. The number of carbonyl (C=O) groups excluding carboxylic acids is 2. The molecule has 0 atom stereocenters. The van der Waals surface area contributed by atoms with E-state index in [0.717, 1.165) is 35.7 Å². The van der Waals surface area contributed by atoms with Crippen LogP contribution in [-0.4, -0.2) is 39.1 Å². The van der Waals surface area contributed by atoms with Gasteiger partial charge in [0.2, 0.25) is 0 Å². The average molecular weight is 417 g/mol.